The van der Waals surface area contributed by atoms with Crippen LogP contribution in [0, 0.1) is 0 Å². The van der Waals surface area contributed by atoms with Crippen LogP contribution in [0.3, 0.4) is 0 Å². The summed E-state index contributed by atoms with van der Waals surface area (Å²) in [5.74, 6) is -1.92. The lowest BCUT2D eigenvalue weighted by Crippen LogP contribution is -2.59. The molecule has 7 rings (SSSR count). The molecular weight excluding hydrogens is 973 g/mol. The van der Waals surface area contributed by atoms with Gasteiger partial charge in [-0.3, -0.25) is 24.0 Å². The molecule has 0 radical (unpaired) electrons. The van der Waals surface area contributed by atoms with Crippen LogP contribution in [0.2, 0.25) is 0 Å². The third kappa shape index (κ3) is 15.3. The molecule has 6 atom stereocenters. The van der Waals surface area contributed by atoms with Crippen molar-refractivity contribution in [2.75, 3.05) is 35.4 Å². The van der Waals surface area contributed by atoms with Gasteiger partial charge in [-0.1, -0.05) is 104 Å². The van der Waals surface area contributed by atoms with Gasteiger partial charge in [-0.25, -0.2) is 9.59 Å². The highest BCUT2D eigenvalue weighted by Gasteiger charge is 2.39. The minimum absolute atomic E-state index is 0.00738. The molecule has 2 aliphatic heterocycles. The van der Waals surface area contributed by atoms with Crippen LogP contribution in [-0.2, 0) is 70.7 Å². The van der Waals surface area contributed by atoms with Crippen molar-refractivity contribution in [2.24, 2.45) is 0 Å². The van der Waals surface area contributed by atoms with Gasteiger partial charge < -0.3 is 54.3 Å². The van der Waals surface area contributed by atoms with Gasteiger partial charge in [0.05, 0.1) is 14.2 Å². The van der Waals surface area contributed by atoms with Crippen LogP contribution < -0.4 is 30.2 Å². The average Bonchev–Trinajstić information content (AvgIpc) is 3.43. The van der Waals surface area contributed by atoms with E-state index in [-0.39, 0.29) is 38.9 Å². The molecule has 76 heavy (non-hydrogen) atoms. The maximum Gasteiger partial charge on any atom is 0.408 e. The molecule has 18 nitrogen and oxygen atoms in total. The number of methoxy groups -OCH3 is 2. The molecule has 0 aromatic heterocycles. The number of ether oxygens (including phenoxy) is 5. The third-order valence-corrected chi connectivity index (χ3v) is 13.2. The first-order valence-corrected chi connectivity index (χ1v) is 25.1. The number of rotatable bonds is 20. The van der Waals surface area contributed by atoms with Crippen LogP contribution in [-0.4, -0.2) is 128 Å². The predicted molar refractivity (Wildman–Crippen MR) is 283 cm³/mol. The van der Waals surface area contributed by atoms with Gasteiger partial charge in [-0.2, -0.15) is 0 Å². The van der Waals surface area contributed by atoms with E-state index in [1.54, 1.807) is 78.9 Å². The van der Waals surface area contributed by atoms with Crippen molar-refractivity contribution in [2.45, 2.75) is 102 Å². The number of carbonyl (C=O) groups excluding carboxylic acids is 7. The molecule has 0 spiro atoms. The molecular formula is C58H68N6O12. The molecule has 2 heterocycles. The third-order valence-electron chi connectivity index (χ3n) is 13.2. The van der Waals surface area contributed by atoms with Gasteiger partial charge in [-0.05, 0) is 84.5 Å². The fourth-order valence-corrected chi connectivity index (χ4v) is 8.70. The van der Waals surface area contributed by atoms with Gasteiger partial charge in [0.15, 0.2) is 11.5 Å². The molecule has 0 saturated carbocycles. The summed E-state index contributed by atoms with van der Waals surface area (Å²) in [7, 11) is 7.42. The summed E-state index contributed by atoms with van der Waals surface area (Å²) in [4.78, 5) is 103. The summed E-state index contributed by atoms with van der Waals surface area (Å²) in [6.07, 6.45) is 0.00128. The van der Waals surface area contributed by atoms with E-state index < -0.39 is 77.8 Å². The van der Waals surface area contributed by atoms with Crippen molar-refractivity contribution in [1.82, 2.24) is 30.7 Å². The molecule has 402 valence electrons. The molecule has 0 saturated heterocycles. The topological polar surface area (TPSA) is 211 Å². The van der Waals surface area contributed by atoms with Gasteiger partial charge in [0, 0.05) is 40.4 Å². The standard InChI is InChI=1S/C58H68N6O12/c1-9-16-46(61-58(71)75-36-42-19-14-11-15-20-42)52(65)59-37(2)54(67)62(4)47(31-39-21-26-44(72-7)27-22-39)53(66)60-38(3)55(68)63(5)48-32-40-23-28-45(29-24-40)76-51-34-43(25-30-50(51)73-8)33-49(64(6)56(48)69)57(70)74-35-41-17-12-10-13-18-41/h10-15,17-30,34,37-38,46-49H,9,16,31-33,35-36H2,1-8H3,(H,59,65)(H,60,66)(H,61,71)/t37-,38-,46+,47-,48-,49-/m0/s1. The zero-order chi connectivity index (χ0) is 54.9. The number of hydrogen-bond donors (Lipinski definition) is 3. The number of benzene rings is 5. The number of amides is 6. The molecule has 6 amide bonds. The Balaban J connectivity index is 1.21. The van der Waals surface area contributed by atoms with Crippen LogP contribution in [0.4, 0.5) is 4.79 Å². The van der Waals surface area contributed by atoms with Crippen LogP contribution in [0.1, 0.15) is 61.4 Å². The van der Waals surface area contributed by atoms with Crippen molar-refractivity contribution in [1.29, 1.82) is 0 Å². The molecule has 3 N–H and O–H groups in total. The summed E-state index contributed by atoms with van der Waals surface area (Å²) < 4.78 is 28.3. The number of nitrogens with zero attached hydrogens (tertiary/aromatic N) is 3. The molecule has 5 aromatic rings. The van der Waals surface area contributed by atoms with E-state index in [1.165, 1.54) is 63.9 Å². The first-order chi connectivity index (χ1) is 36.5. The van der Waals surface area contributed by atoms with Crippen molar-refractivity contribution in [3.63, 3.8) is 0 Å². The zero-order valence-corrected chi connectivity index (χ0v) is 44.3. The Kier molecular flexibility index (Phi) is 20.4. The van der Waals surface area contributed by atoms with E-state index in [2.05, 4.69) is 16.0 Å². The van der Waals surface area contributed by atoms with Gasteiger partial charge >= 0.3 is 12.1 Å². The minimum atomic E-state index is -1.25. The Morgan fingerprint density at radius 3 is 1.88 bits per heavy atom. The number of likely N-dealkylation sites (N-methyl/N-ethyl adjacent to an activating group) is 3. The fourth-order valence-electron chi connectivity index (χ4n) is 8.70. The molecule has 2 aliphatic rings. The highest BCUT2D eigenvalue weighted by atomic mass is 16.5. The second kappa shape index (κ2) is 27.2. The lowest BCUT2D eigenvalue weighted by atomic mass is 9.99. The van der Waals surface area contributed by atoms with Crippen LogP contribution in [0.15, 0.2) is 127 Å². The second-order valence-corrected chi connectivity index (χ2v) is 18.7. The van der Waals surface area contributed by atoms with E-state index in [9.17, 15) is 33.6 Å². The fraction of sp³-hybridized carbons (Fsp3) is 0.362. The molecule has 4 bridgehead atoms. The lowest BCUT2D eigenvalue weighted by Gasteiger charge is -2.36. The van der Waals surface area contributed by atoms with E-state index in [0.717, 1.165) is 11.1 Å². The Bertz CT molecular complexity index is 2780. The number of nitrogens with one attached hydrogen (secondary N) is 3. The highest BCUT2D eigenvalue weighted by Crippen LogP contribution is 2.34. The van der Waals surface area contributed by atoms with E-state index in [0.29, 0.717) is 46.1 Å². The lowest BCUT2D eigenvalue weighted by molar-refractivity contribution is -0.157. The van der Waals surface area contributed by atoms with Crippen molar-refractivity contribution in [3.05, 3.63) is 155 Å². The van der Waals surface area contributed by atoms with E-state index in [4.69, 9.17) is 23.7 Å². The summed E-state index contributed by atoms with van der Waals surface area (Å²) >= 11 is 0. The molecule has 5 aromatic carbocycles. The Hall–Kier alpha value is -8.41. The zero-order valence-electron chi connectivity index (χ0n) is 44.3. The number of fused-ring (bicyclic) bond motifs is 7. The van der Waals surface area contributed by atoms with Gasteiger partial charge in [0.25, 0.3) is 0 Å². The summed E-state index contributed by atoms with van der Waals surface area (Å²) in [6.45, 7) is 4.74. The van der Waals surface area contributed by atoms with Crippen LogP contribution in [0.5, 0.6) is 23.0 Å². The van der Waals surface area contributed by atoms with E-state index in [1.807, 2.05) is 55.5 Å². The van der Waals surface area contributed by atoms with Crippen LogP contribution >= 0.6 is 0 Å². The largest absolute Gasteiger partial charge is 0.497 e. The normalized spacial score (nSPS) is 15.7. The molecule has 18 heteroatoms. The Labute approximate surface area is 443 Å². The Morgan fingerprint density at radius 2 is 1.28 bits per heavy atom. The summed E-state index contributed by atoms with van der Waals surface area (Å²) in [5, 5.41) is 8.08. The first-order valence-electron chi connectivity index (χ1n) is 25.1. The number of carbonyl (C=O) groups is 7. The monoisotopic (exact) mass is 1040 g/mol. The average molecular weight is 1040 g/mol. The number of hydrogen-bond acceptors (Lipinski definition) is 12. The second-order valence-electron chi connectivity index (χ2n) is 18.7. The minimum Gasteiger partial charge on any atom is -0.497 e. The Morgan fingerprint density at radius 1 is 0.684 bits per heavy atom. The van der Waals surface area contributed by atoms with Crippen molar-refractivity contribution >= 4 is 41.6 Å². The quantitative estimate of drug-likeness (QED) is 0.0748. The summed E-state index contributed by atoms with van der Waals surface area (Å²) in [5.41, 5.74) is 3.47. The highest BCUT2D eigenvalue weighted by molar-refractivity contribution is 5.96. The van der Waals surface area contributed by atoms with E-state index >= 15 is 0 Å². The van der Waals surface area contributed by atoms with Gasteiger partial charge in [-0.15, -0.1) is 0 Å². The SMILES string of the molecule is CCC[C@@H](NC(=O)OCc1ccccc1)C(=O)N[C@@H](C)C(=O)N(C)[C@@H](Cc1ccc(OC)cc1)C(=O)N[C@@H](C)C(=O)N(C)[C@H]1Cc2ccc(cc2)Oc2cc(ccc2OC)C[C@@H](C(=O)OCc2ccccc2)N(C)C1=O. The number of alkyl carbamates (subject to hydrolysis) is 1. The van der Waals surface area contributed by atoms with Gasteiger partial charge in [0.2, 0.25) is 29.5 Å². The molecule has 0 unspecified atom stereocenters. The molecule has 0 aliphatic carbocycles. The molecule has 0 fully saturated rings. The predicted octanol–water partition coefficient (Wildman–Crippen LogP) is 6.17. The van der Waals surface area contributed by atoms with Crippen LogP contribution in [0.25, 0.3) is 0 Å². The maximum atomic E-state index is 15.0. The first kappa shape index (κ1) is 56.9. The van der Waals surface area contributed by atoms with Crippen molar-refractivity contribution < 1.29 is 57.2 Å². The summed E-state index contributed by atoms with van der Waals surface area (Å²) in [6, 6.07) is 30.4. The van der Waals surface area contributed by atoms with Gasteiger partial charge in [0.1, 0.15) is 61.0 Å². The number of esters is 1. The smallest absolute Gasteiger partial charge is 0.408 e. The van der Waals surface area contributed by atoms with Crippen molar-refractivity contribution in [3.8, 4) is 23.0 Å². The maximum absolute atomic E-state index is 15.0.